The molecule has 0 fully saturated rings. The minimum atomic E-state index is -0.187. The molecule has 1 unspecified atom stereocenters. The van der Waals surface area contributed by atoms with E-state index in [1.54, 1.807) is 0 Å². The van der Waals surface area contributed by atoms with E-state index >= 15 is 0 Å². The van der Waals surface area contributed by atoms with Crippen molar-refractivity contribution in [2.45, 2.75) is 131 Å². The molecule has 4 N–H and O–H groups in total. The van der Waals surface area contributed by atoms with Crippen LogP contribution >= 0.6 is 0 Å². The fourth-order valence-corrected chi connectivity index (χ4v) is 4.71. The number of benzene rings is 2. The number of phenols is 2. The normalized spacial score (nSPS) is 14.4. The van der Waals surface area contributed by atoms with Crippen LogP contribution in [0.2, 0.25) is 0 Å². The van der Waals surface area contributed by atoms with E-state index in [1.165, 1.54) is 11.1 Å². The van der Waals surface area contributed by atoms with Crippen LogP contribution in [-0.4, -0.2) is 27.7 Å². The van der Waals surface area contributed by atoms with Crippen molar-refractivity contribution in [2.24, 2.45) is 5.73 Å². The molecule has 0 saturated heterocycles. The summed E-state index contributed by atoms with van der Waals surface area (Å²) in [7, 11) is 0. The van der Waals surface area contributed by atoms with Crippen LogP contribution in [0.25, 0.3) is 0 Å². The molecule has 0 radical (unpaired) electrons. The first-order valence-electron chi connectivity index (χ1n) is 13.7. The van der Waals surface area contributed by atoms with E-state index in [4.69, 9.17) is 5.73 Å². The Hall–Kier alpha value is -2.04. The van der Waals surface area contributed by atoms with Crippen LogP contribution in [0.3, 0.4) is 0 Å². The number of nitrogens with two attached hydrogens (primary N) is 1. The lowest BCUT2D eigenvalue weighted by atomic mass is 9.78. The summed E-state index contributed by atoms with van der Waals surface area (Å²) in [6.45, 7) is 29.8. The van der Waals surface area contributed by atoms with Gasteiger partial charge in [0.2, 0.25) is 0 Å². The Bertz CT molecular complexity index is 1000. The molecule has 0 saturated carbocycles. The Morgan fingerprint density at radius 2 is 0.946 bits per heavy atom. The van der Waals surface area contributed by atoms with Crippen molar-refractivity contribution in [1.82, 2.24) is 4.90 Å². The Balaban J connectivity index is 2.66. The first-order valence-corrected chi connectivity index (χ1v) is 13.7. The topological polar surface area (TPSA) is 69.7 Å². The quantitative estimate of drug-likeness (QED) is 0.373. The number of aromatic hydroxyl groups is 2. The SMILES string of the molecule is CC(N)CN(Cc1cc(C(C)(C)C)cc(C(C)(C)C)c1O)Cc1cc(C(C)(C)C)cc(C(C)(C)C)c1O. The van der Waals surface area contributed by atoms with Crippen LogP contribution < -0.4 is 5.73 Å². The van der Waals surface area contributed by atoms with Crippen LogP contribution in [0.4, 0.5) is 0 Å². The molecule has 2 rings (SSSR count). The van der Waals surface area contributed by atoms with Gasteiger partial charge in [-0.1, -0.05) is 107 Å². The van der Waals surface area contributed by atoms with E-state index in [2.05, 4.69) is 112 Å². The zero-order chi connectivity index (χ0) is 28.7. The van der Waals surface area contributed by atoms with Gasteiger partial charge in [0.25, 0.3) is 0 Å². The molecular formula is C33H54N2O2. The molecule has 2 aromatic carbocycles. The summed E-state index contributed by atoms with van der Waals surface area (Å²) in [5.41, 5.74) is 12.0. The number of hydrogen-bond acceptors (Lipinski definition) is 4. The third-order valence-corrected chi connectivity index (χ3v) is 7.06. The van der Waals surface area contributed by atoms with Gasteiger partial charge in [-0.05, 0) is 50.8 Å². The predicted octanol–water partition coefficient (Wildman–Crippen LogP) is 7.64. The molecule has 0 aromatic heterocycles. The molecule has 208 valence electrons. The summed E-state index contributed by atoms with van der Waals surface area (Å²) in [6.07, 6.45) is 0. The standard InChI is InChI=1S/C33H54N2O2/c1-21(34)18-35(19-22-14-24(30(2,3)4)16-26(28(22)36)32(8,9)10)20-23-15-25(31(5,6)7)17-27(29(23)37)33(11,12)13/h14-17,21,36-37H,18-20,34H2,1-13H3. The van der Waals surface area contributed by atoms with E-state index in [0.29, 0.717) is 31.1 Å². The van der Waals surface area contributed by atoms with Crippen LogP contribution in [-0.2, 0) is 34.7 Å². The first kappa shape index (κ1) is 31.2. The molecule has 0 heterocycles. The second-order valence-electron chi connectivity index (χ2n) is 15.2. The van der Waals surface area contributed by atoms with Crippen LogP contribution in [0.15, 0.2) is 24.3 Å². The lowest BCUT2D eigenvalue weighted by molar-refractivity contribution is 0.237. The van der Waals surface area contributed by atoms with Gasteiger partial charge in [-0.25, -0.2) is 0 Å². The molecular weight excluding hydrogens is 456 g/mol. The van der Waals surface area contributed by atoms with Gasteiger partial charge in [0, 0.05) is 36.8 Å². The second kappa shape index (κ2) is 10.6. The summed E-state index contributed by atoms with van der Waals surface area (Å²) >= 11 is 0. The fraction of sp³-hybridized carbons (Fsp3) is 0.636. The first-order chi connectivity index (χ1) is 16.5. The zero-order valence-electron chi connectivity index (χ0n) is 25.9. The molecule has 4 nitrogen and oxygen atoms in total. The Morgan fingerprint density at radius 1 is 0.622 bits per heavy atom. The maximum atomic E-state index is 11.4. The average molecular weight is 511 g/mol. The Labute approximate surface area is 227 Å². The molecule has 0 spiro atoms. The Morgan fingerprint density at radius 3 is 1.19 bits per heavy atom. The zero-order valence-corrected chi connectivity index (χ0v) is 25.9. The van der Waals surface area contributed by atoms with Gasteiger partial charge in [0.05, 0.1) is 0 Å². The van der Waals surface area contributed by atoms with Crippen LogP contribution in [0.5, 0.6) is 11.5 Å². The molecule has 4 heteroatoms. The lowest BCUT2D eigenvalue weighted by Gasteiger charge is -2.31. The van der Waals surface area contributed by atoms with E-state index in [-0.39, 0.29) is 27.7 Å². The third-order valence-electron chi connectivity index (χ3n) is 7.06. The van der Waals surface area contributed by atoms with Crippen molar-refractivity contribution in [2.75, 3.05) is 6.54 Å². The summed E-state index contributed by atoms with van der Waals surface area (Å²) < 4.78 is 0. The second-order valence-corrected chi connectivity index (χ2v) is 15.2. The van der Waals surface area contributed by atoms with Crippen molar-refractivity contribution >= 4 is 0 Å². The smallest absolute Gasteiger partial charge is 0.123 e. The van der Waals surface area contributed by atoms with Gasteiger partial charge < -0.3 is 15.9 Å². The van der Waals surface area contributed by atoms with E-state index in [0.717, 1.165) is 22.3 Å². The van der Waals surface area contributed by atoms with Crippen molar-refractivity contribution < 1.29 is 10.2 Å². The minimum Gasteiger partial charge on any atom is -0.507 e. The molecule has 0 amide bonds. The van der Waals surface area contributed by atoms with E-state index < -0.39 is 0 Å². The van der Waals surface area contributed by atoms with Crippen molar-refractivity contribution in [3.05, 3.63) is 57.6 Å². The third kappa shape index (κ3) is 7.97. The van der Waals surface area contributed by atoms with Crippen molar-refractivity contribution in [3.8, 4) is 11.5 Å². The van der Waals surface area contributed by atoms with Gasteiger partial charge in [0.1, 0.15) is 11.5 Å². The maximum absolute atomic E-state index is 11.4. The summed E-state index contributed by atoms with van der Waals surface area (Å²) in [5, 5.41) is 22.8. The molecule has 0 aliphatic carbocycles. The molecule has 0 aliphatic heterocycles. The van der Waals surface area contributed by atoms with E-state index in [1.807, 2.05) is 6.92 Å². The summed E-state index contributed by atoms with van der Waals surface area (Å²) in [4.78, 5) is 2.26. The average Bonchev–Trinajstić information content (AvgIpc) is 2.66. The highest BCUT2D eigenvalue weighted by Crippen LogP contribution is 2.40. The predicted molar refractivity (Wildman–Crippen MR) is 159 cm³/mol. The molecule has 1 atom stereocenters. The van der Waals surface area contributed by atoms with Crippen LogP contribution in [0, 0.1) is 0 Å². The van der Waals surface area contributed by atoms with Gasteiger partial charge in [-0.2, -0.15) is 0 Å². The summed E-state index contributed by atoms with van der Waals surface area (Å²) in [6, 6.07) is 8.55. The minimum absolute atomic E-state index is 0.0463. The number of hydrogen-bond donors (Lipinski definition) is 3. The number of phenolic OH excluding ortho intramolecular Hbond substituents is 2. The van der Waals surface area contributed by atoms with Gasteiger partial charge in [-0.3, -0.25) is 4.90 Å². The molecule has 0 bridgehead atoms. The fourth-order valence-electron chi connectivity index (χ4n) is 4.71. The van der Waals surface area contributed by atoms with Gasteiger partial charge in [-0.15, -0.1) is 0 Å². The van der Waals surface area contributed by atoms with Gasteiger partial charge >= 0.3 is 0 Å². The highest BCUT2D eigenvalue weighted by molar-refractivity contribution is 5.50. The summed E-state index contributed by atoms with van der Waals surface area (Å²) in [5.74, 6) is 0.719. The van der Waals surface area contributed by atoms with E-state index in [9.17, 15) is 10.2 Å². The largest absolute Gasteiger partial charge is 0.507 e. The molecule has 2 aromatic rings. The Kier molecular flexibility index (Phi) is 8.94. The molecule has 37 heavy (non-hydrogen) atoms. The van der Waals surface area contributed by atoms with Gasteiger partial charge in [0.15, 0.2) is 0 Å². The van der Waals surface area contributed by atoms with Crippen molar-refractivity contribution in [3.63, 3.8) is 0 Å². The highest BCUT2D eigenvalue weighted by atomic mass is 16.3. The van der Waals surface area contributed by atoms with Crippen molar-refractivity contribution in [1.29, 1.82) is 0 Å². The number of nitrogens with zero attached hydrogens (tertiary/aromatic N) is 1. The molecule has 0 aliphatic rings. The monoisotopic (exact) mass is 510 g/mol. The van der Waals surface area contributed by atoms with Crippen LogP contribution in [0.1, 0.15) is 123 Å². The number of rotatable bonds is 6. The maximum Gasteiger partial charge on any atom is 0.123 e. The lowest BCUT2D eigenvalue weighted by Crippen LogP contribution is -2.35. The highest BCUT2D eigenvalue weighted by Gasteiger charge is 2.28.